The van der Waals surface area contributed by atoms with Crippen molar-refractivity contribution in [2.45, 2.75) is 18.9 Å². The number of carboxylic acid groups (broad SMARTS) is 1. The van der Waals surface area contributed by atoms with Gasteiger partial charge in [0.05, 0.1) is 17.3 Å². The molecule has 0 aliphatic carbocycles. The summed E-state index contributed by atoms with van der Waals surface area (Å²) < 4.78 is 0. The Hall–Kier alpha value is 0.790. The minimum absolute atomic E-state index is 0. The Morgan fingerprint density at radius 1 is 1.50 bits per heavy atom. The van der Waals surface area contributed by atoms with Crippen LogP contribution >= 0.6 is 0 Å². The topological polar surface area (TPSA) is 99.1 Å². The molecule has 1 fully saturated rings. The minimum atomic E-state index is -1.35. The van der Waals surface area contributed by atoms with Crippen molar-refractivity contribution in [2.24, 2.45) is 5.29 Å². The normalized spacial score (nSPS) is 20.5. The molecule has 1 unspecified atom stereocenters. The first kappa shape index (κ1) is 17.2. The first-order valence-electron chi connectivity index (χ1n) is 3.44. The molecule has 0 aromatic heterocycles. The molecule has 1 aliphatic rings. The number of hydrogen-bond acceptors (Lipinski definition) is 6. The maximum Gasteiger partial charge on any atom is 1.00 e. The van der Waals surface area contributed by atoms with Crippen molar-refractivity contribution < 1.29 is 69.0 Å². The fourth-order valence-corrected chi connectivity index (χ4v) is 1.24. The van der Waals surface area contributed by atoms with Crippen LogP contribution < -0.4 is 64.2 Å². The molecule has 0 saturated carbocycles. The van der Waals surface area contributed by atoms with Crippen molar-refractivity contribution in [3.63, 3.8) is 0 Å². The maximum absolute atomic E-state index is 10.6. The van der Waals surface area contributed by atoms with Gasteiger partial charge < -0.3 is 15.1 Å². The molecule has 1 heterocycles. The second-order valence-electron chi connectivity index (χ2n) is 2.47. The summed E-state index contributed by atoms with van der Waals surface area (Å²) in [6.07, 6.45) is 0.865. The van der Waals surface area contributed by atoms with Crippen LogP contribution in [0.3, 0.4) is 0 Å². The predicted octanol–water partition coefficient (Wildman–Crippen LogP) is -7.40. The van der Waals surface area contributed by atoms with E-state index >= 15 is 0 Å². The van der Waals surface area contributed by atoms with Crippen LogP contribution in [-0.4, -0.2) is 28.8 Å². The van der Waals surface area contributed by atoms with Crippen LogP contribution in [0.25, 0.3) is 0 Å². The Balaban J connectivity index is 0. The van der Waals surface area contributed by atoms with Gasteiger partial charge in [0, 0.05) is 6.54 Å². The van der Waals surface area contributed by atoms with Crippen LogP contribution in [0.2, 0.25) is 0 Å². The van der Waals surface area contributed by atoms with E-state index < -0.39 is 12.0 Å². The number of carboxylic acids is 1. The molecular weight excluding hydrogens is 212 g/mol. The van der Waals surface area contributed by atoms with Gasteiger partial charge in [-0.15, -0.1) is 4.91 Å². The van der Waals surface area contributed by atoms with Gasteiger partial charge in [-0.3, -0.25) is 5.28 Å². The van der Waals surface area contributed by atoms with Gasteiger partial charge in [-0.05, 0) is 12.8 Å². The summed E-state index contributed by atoms with van der Waals surface area (Å²) in [5.74, 6) is -1.35. The molecule has 0 radical (unpaired) electrons. The zero-order valence-electron chi connectivity index (χ0n) is 8.17. The van der Waals surface area contributed by atoms with E-state index in [1.165, 1.54) is 0 Å². The van der Waals surface area contributed by atoms with Crippen LogP contribution in [0.15, 0.2) is 5.29 Å². The number of carbonyl (C=O) groups is 1. The van der Waals surface area contributed by atoms with Crippen LogP contribution in [0.4, 0.5) is 0 Å². The molecule has 68 valence electrons. The van der Waals surface area contributed by atoms with Crippen molar-refractivity contribution in [2.75, 3.05) is 6.54 Å². The first-order valence-corrected chi connectivity index (χ1v) is 3.44. The monoisotopic (exact) mass is 219 g/mol. The average Bonchev–Trinajstić information content (AvgIpc) is 2.50. The minimum Gasteiger partial charge on any atom is -0.724 e. The van der Waals surface area contributed by atoms with E-state index in [0.717, 1.165) is 5.01 Å². The van der Waals surface area contributed by atoms with Crippen molar-refractivity contribution in [1.29, 1.82) is 0 Å². The Morgan fingerprint density at radius 3 is 2.50 bits per heavy atom. The number of nitroso groups, excluding NO2 is 1. The third-order valence-corrected chi connectivity index (χ3v) is 1.79. The van der Waals surface area contributed by atoms with Crippen LogP contribution in [0.1, 0.15) is 12.8 Å². The van der Waals surface area contributed by atoms with E-state index in [-0.39, 0.29) is 70.9 Å². The van der Waals surface area contributed by atoms with Gasteiger partial charge in [-0.25, -0.2) is 5.01 Å². The molecule has 0 N–H and O–H groups in total. The van der Waals surface area contributed by atoms with Crippen molar-refractivity contribution in [1.82, 2.24) is 10.3 Å². The summed E-state index contributed by atoms with van der Waals surface area (Å²) in [7, 11) is 0. The van der Waals surface area contributed by atoms with E-state index in [1.807, 2.05) is 0 Å². The number of carbonyl (C=O) groups excluding carboxylic acids is 1. The first-order chi connectivity index (χ1) is 5.66. The number of rotatable bonds is 3. The fraction of sp³-hybridized carbons (Fsp3) is 0.800. The third kappa shape index (κ3) is 4.11. The summed E-state index contributed by atoms with van der Waals surface area (Å²) in [5.41, 5.74) is 0. The van der Waals surface area contributed by atoms with E-state index in [2.05, 4.69) is 5.29 Å². The molecule has 14 heavy (non-hydrogen) atoms. The summed E-state index contributed by atoms with van der Waals surface area (Å²) in [4.78, 5) is 20.1. The van der Waals surface area contributed by atoms with Gasteiger partial charge >= 0.3 is 59.1 Å². The zero-order chi connectivity index (χ0) is 9.14. The third-order valence-electron chi connectivity index (χ3n) is 1.79. The number of hydrazine groups is 1. The molecule has 9 heteroatoms. The van der Waals surface area contributed by atoms with Crippen LogP contribution in [-0.2, 0) is 4.79 Å². The summed E-state index contributed by atoms with van der Waals surface area (Å²) in [6.45, 7) is 0.230. The van der Waals surface area contributed by atoms with Gasteiger partial charge in [0.15, 0.2) is 0 Å². The smallest absolute Gasteiger partial charge is 0.724 e. The van der Waals surface area contributed by atoms with Gasteiger partial charge in [-0.2, -0.15) is 0 Å². The fourth-order valence-electron chi connectivity index (χ4n) is 1.24. The summed E-state index contributed by atoms with van der Waals surface area (Å²) in [6, 6.07) is -1.01. The Morgan fingerprint density at radius 2 is 2.07 bits per heavy atom. The van der Waals surface area contributed by atoms with E-state index in [9.17, 15) is 20.0 Å². The predicted molar refractivity (Wildman–Crippen MR) is 35.7 cm³/mol. The molecule has 0 spiro atoms. The van der Waals surface area contributed by atoms with Crippen LogP contribution in [0.5, 0.6) is 0 Å². The van der Waals surface area contributed by atoms with Gasteiger partial charge in [0.25, 0.3) is 0 Å². The molecule has 0 aromatic rings. The average molecular weight is 219 g/mol. The Labute approximate surface area is 125 Å². The molecule has 0 aromatic carbocycles. The van der Waals surface area contributed by atoms with E-state index in [4.69, 9.17) is 0 Å². The zero-order valence-corrected chi connectivity index (χ0v) is 12.2. The molecule has 1 atom stereocenters. The molecule has 1 aliphatic heterocycles. The maximum atomic E-state index is 10.6. The molecule has 7 nitrogen and oxygen atoms in total. The summed E-state index contributed by atoms with van der Waals surface area (Å²) in [5, 5.41) is 23.6. The number of aliphatic carboxylic acids is 1. The van der Waals surface area contributed by atoms with E-state index in [0.29, 0.717) is 12.8 Å². The number of hydrogen-bond donors (Lipinski definition) is 0. The molecule has 0 bridgehead atoms. The largest absolute Gasteiger partial charge is 1.00 e. The quantitative estimate of drug-likeness (QED) is 0.265. The molecule has 1 rings (SSSR count). The van der Waals surface area contributed by atoms with Gasteiger partial charge in [0.1, 0.15) is 0 Å². The number of nitrogens with zero attached hydrogens (tertiary/aromatic N) is 3. The summed E-state index contributed by atoms with van der Waals surface area (Å²) >= 11 is 0. The van der Waals surface area contributed by atoms with Gasteiger partial charge in [-0.1, -0.05) is 0 Å². The molecule has 0 amide bonds. The standard InChI is InChI=1S/C5H8N3O4.2Na/c9-5(10)4-2-1-3-7(4)8(12)6-11;;/h4H,1-3H2,(H,9,10);;/q-1;2*+1/p-1. The van der Waals surface area contributed by atoms with Crippen molar-refractivity contribution in [3.8, 4) is 0 Å². The van der Waals surface area contributed by atoms with Crippen molar-refractivity contribution in [3.05, 3.63) is 10.1 Å². The SMILES string of the molecule is O=NN([O-])N1CCCC1C(=O)[O-].[Na+].[Na+]. The Bertz CT molecular complexity index is 205. The van der Waals surface area contributed by atoms with E-state index in [1.54, 1.807) is 0 Å². The second kappa shape index (κ2) is 8.00. The molecule has 1 saturated heterocycles. The van der Waals surface area contributed by atoms with Gasteiger partial charge in [0.2, 0.25) is 0 Å². The molecular formula is C5H7N3Na2O4. The second-order valence-corrected chi connectivity index (χ2v) is 2.47. The van der Waals surface area contributed by atoms with Crippen LogP contribution in [0, 0.1) is 10.1 Å². The Kier molecular flexibility index (Phi) is 9.83. The van der Waals surface area contributed by atoms with Crippen molar-refractivity contribution >= 4 is 5.97 Å².